The fourth-order valence-electron chi connectivity index (χ4n) is 1.99. The summed E-state index contributed by atoms with van der Waals surface area (Å²) in [6.45, 7) is 2.10. The minimum absolute atomic E-state index is 0.729. The quantitative estimate of drug-likeness (QED) is 0.352. The third-order valence-electron chi connectivity index (χ3n) is 2.98. The number of methoxy groups -OCH3 is 3. The molecule has 8 heteroatoms. The molecule has 118 valence electrons. The normalized spacial score (nSPS) is 14.3. The summed E-state index contributed by atoms with van der Waals surface area (Å²) in [5, 5.41) is 0. The van der Waals surface area contributed by atoms with Gasteiger partial charge in [-0.1, -0.05) is 0 Å². The highest BCUT2D eigenvalue weighted by atomic mass is 16.5. The highest BCUT2D eigenvalue weighted by molar-refractivity contribution is 6.07. The number of ether oxygens (including phenoxy) is 3. The lowest BCUT2D eigenvalue weighted by molar-refractivity contribution is -0.169. The minimum atomic E-state index is -1.63. The Morgan fingerprint density at radius 3 is 1.10 bits per heavy atom. The molecule has 0 spiro atoms. The van der Waals surface area contributed by atoms with E-state index in [9.17, 15) is 24.0 Å². The van der Waals surface area contributed by atoms with Gasteiger partial charge in [0.1, 0.15) is 23.4 Å². The maximum atomic E-state index is 11.9. The predicted octanol–water partition coefficient (Wildman–Crippen LogP) is -0.468. The van der Waals surface area contributed by atoms with E-state index in [1.165, 1.54) is 0 Å². The first kappa shape index (κ1) is 18.8. The van der Waals surface area contributed by atoms with Gasteiger partial charge >= 0.3 is 17.9 Å². The van der Waals surface area contributed by atoms with Gasteiger partial charge in [0.05, 0.1) is 27.2 Å². The largest absolute Gasteiger partial charge is 0.469 e. The van der Waals surface area contributed by atoms with E-state index in [2.05, 4.69) is 14.2 Å². The van der Waals surface area contributed by atoms with Crippen molar-refractivity contribution >= 4 is 29.5 Å². The fraction of sp³-hybridized carbons (Fsp3) is 0.615. The van der Waals surface area contributed by atoms with Crippen molar-refractivity contribution in [3.63, 3.8) is 0 Å². The Kier molecular flexibility index (Phi) is 7.26. The molecule has 0 radical (unpaired) electrons. The van der Waals surface area contributed by atoms with Crippen LogP contribution in [0.1, 0.15) is 13.8 Å². The zero-order valence-electron chi connectivity index (χ0n) is 12.5. The Hall–Kier alpha value is -2.25. The maximum Gasteiger partial charge on any atom is 0.317 e. The van der Waals surface area contributed by atoms with Gasteiger partial charge in [0, 0.05) is 0 Å². The van der Waals surface area contributed by atoms with Crippen molar-refractivity contribution in [3.8, 4) is 0 Å². The van der Waals surface area contributed by atoms with Crippen LogP contribution >= 0.6 is 0 Å². The second kappa shape index (κ2) is 8.13. The van der Waals surface area contributed by atoms with Crippen molar-refractivity contribution in [1.82, 2.24) is 0 Å². The molecule has 0 heterocycles. The molecule has 0 aliphatic carbocycles. The molecule has 0 aliphatic rings. The molecular formula is C13H18O8. The standard InChI is InChI=1S/C13H18O8/c1-6(14)8(11(16)19-3)10(13(18)21-5)9(7(2)15)12(17)20-4/h8-10H,1-5H3. The zero-order valence-corrected chi connectivity index (χ0v) is 12.5. The van der Waals surface area contributed by atoms with E-state index in [1.807, 2.05) is 0 Å². The number of Topliss-reactive ketones (excluding diaryl/α,β-unsaturated/α-hetero) is 2. The first-order valence-corrected chi connectivity index (χ1v) is 5.97. The molecule has 2 atom stereocenters. The van der Waals surface area contributed by atoms with Crippen molar-refractivity contribution in [2.24, 2.45) is 17.8 Å². The number of rotatable bonds is 7. The van der Waals surface area contributed by atoms with Crippen LogP contribution < -0.4 is 0 Å². The van der Waals surface area contributed by atoms with E-state index >= 15 is 0 Å². The molecule has 0 aromatic heterocycles. The Labute approximate surface area is 121 Å². The van der Waals surface area contributed by atoms with Gasteiger partial charge in [-0.05, 0) is 13.8 Å². The van der Waals surface area contributed by atoms with Crippen LogP contribution in [0, 0.1) is 17.8 Å². The van der Waals surface area contributed by atoms with Gasteiger partial charge in [0.2, 0.25) is 0 Å². The number of carbonyl (C=O) groups is 5. The molecule has 2 unspecified atom stereocenters. The third kappa shape index (κ3) is 4.37. The average Bonchev–Trinajstić information content (AvgIpc) is 2.43. The maximum absolute atomic E-state index is 11.9. The highest BCUT2D eigenvalue weighted by Gasteiger charge is 2.49. The lowest BCUT2D eigenvalue weighted by atomic mass is 9.77. The van der Waals surface area contributed by atoms with Crippen LogP contribution in [0.15, 0.2) is 0 Å². The molecule has 0 amide bonds. The van der Waals surface area contributed by atoms with E-state index in [-0.39, 0.29) is 0 Å². The Morgan fingerprint density at radius 2 is 0.905 bits per heavy atom. The lowest BCUT2D eigenvalue weighted by Crippen LogP contribution is -2.46. The smallest absolute Gasteiger partial charge is 0.317 e. The fourth-order valence-corrected chi connectivity index (χ4v) is 1.99. The van der Waals surface area contributed by atoms with Gasteiger partial charge in [-0.2, -0.15) is 0 Å². The zero-order chi connectivity index (χ0) is 16.7. The number of esters is 3. The number of ketones is 2. The SMILES string of the molecule is COC(=O)C(C(C)=O)C(C(=O)OC)C(C(C)=O)C(=O)OC. The molecule has 0 aromatic carbocycles. The molecule has 8 nitrogen and oxygen atoms in total. The van der Waals surface area contributed by atoms with Crippen molar-refractivity contribution in [2.45, 2.75) is 13.8 Å². The molecule has 0 saturated heterocycles. The van der Waals surface area contributed by atoms with Gasteiger partial charge in [-0.3, -0.25) is 24.0 Å². The van der Waals surface area contributed by atoms with Crippen LogP contribution in [0.4, 0.5) is 0 Å². The van der Waals surface area contributed by atoms with E-state index in [0.29, 0.717) is 0 Å². The summed E-state index contributed by atoms with van der Waals surface area (Å²) in [5.74, 6) is -9.47. The van der Waals surface area contributed by atoms with Gasteiger partial charge in [-0.15, -0.1) is 0 Å². The van der Waals surface area contributed by atoms with Gasteiger partial charge < -0.3 is 14.2 Å². The van der Waals surface area contributed by atoms with E-state index in [0.717, 1.165) is 35.2 Å². The second-order valence-corrected chi connectivity index (χ2v) is 4.27. The molecule has 0 bridgehead atoms. The monoisotopic (exact) mass is 302 g/mol. The Balaban J connectivity index is 5.99. The average molecular weight is 302 g/mol. The summed E-state index contributed by atoms with van der Waals surface area (Å²) in [6.07, 6.45) is 0. The second-order valence-electron chi connectivity index (χ2n) is 4.27. The van der Waals surface area contributed by atoms with Crippen LogP contribution in [0.5, 0.6) is 0 Å². The van der Waals surface area contributed by atoms with Crippen LogP contribution in [0.2, 0.25) is 0 Å². The van der Waals surface area contributed by atoms with Gasteiger partial charge in [0.15, 0.2) is 0 Å². The van der Waals surface area contributed by atoms with Crippen LogP contribution in [-0.4, -0.2) is 50.8 Å². The van der Waals surface area contributed by atoms with Crippen molar-refractivity contribution in [1.29, 1.82) is 0 Å². The Morgan fingerprint density at radius 1 is 0.619 bits per heavy atom. The molecule has 0 N–H and O–H groups in total. The van der Waals surface area contributed by atoms with Gasteiger partial charge in [-0.25, -0.2) is 0 Å². The minimum Gasteiger partial charge on any atom is -0.469 e. The first-order chi connectivity index (χ1) is 9.72. The predicted molar refractivity (Wildman–Crippen MR) is 67.9 cm³/mol. The van der Waals surface area contributed by atoms with E-state index in [4.69, 9.17) is 0 Å². The molecule has 0 saturated carbocycles. The molecule has 0 rings (SSSR count). The van der Waals surface area contributed by atoms with E-state index < -0.39 is 47.2 Å². The summed E-state index contributed by atoms with van der Waals surface area (Å²) in [6, 6.07) is 0. The first-order valence-electron chi connectivity index (χ1n) is 5.97. The summed E-state index contributed by atoms with van der Waals surface area (Å²) in [4.78, 5) is 58.7. The van der Waals surface area contributed by atoms with Crippen molar-refractivity contribution in [3.05, 3.63) is 0 Å². The van der Waals surface area contributed by atoms with Crippen LogP contribution in [-0.2, 0) is 38.2 Å². The summed E-state index contributed by atoms with van der Waals surface area (Å²) >= 11 is 0. The number of carbonyl (C=O) groups excluding carboxylic acids is 5. The van der Waals surface area contributed by atoms with Gasteiger partial charge in [0.25, 0.3) is 0 Å². The number of hydrogen-bond acceptors (Lipinski definition) is 8. The van der Waals surface area contributed by atoms with Crippen LogP contribution in [0.3, 0.4) is 0 Å². The van der Waals surface area contributed by atoms with Crippen molar-refractivity contribution < 1.29 is 38.2 Å². The van der Waals surface area contributed by atoms with Crippen LogP contribution in [0.25, 0.3) is 0 Å². The lowest BCUT2D eigenvalue weighted by Gasteiger charge is -2.25. The molecule has 0 aliphatic heterocycles. The topological polar surface area (TPSA) is 113 Å². The molecule has 0 fully saturated rings. The summed E-state index contributed by atoms with van der Waals surface area (Å²) in [5.41, 5.74) is 0. The van der Waals surface area contributed by atoms with Crippen molar-refractivity contribution in [2.75, 3.05) is 21.3 Å². The molecule has 21 heavy (non-hydrogen) atoms. The summed E-state index contributed by atoms with van der Waals surface area (Å²) in [7, 11) is 3.05. The number of hydrogen-bond donors (Lipinski definition) is 0. The molecule has 0 aromatic rings. The Bertz CT molecular complexity index is 419. The molecular weight excluding hydrogens is 284 g/mol. The van der Waals surface area contributed by atoms with E-state index in [1.54, 1.807) is 0 Å². The highest BCUT2D eigenvalue weighted by Crippen LogP contribution is 2.27. The summed E-state index contributed by atoms with van der Waals surface area (Å²) < 4.78 is 13.4. The third-order valence-corrected chi connectivity index (χ3v) is 2.98.